The van der Waals surface area contributed by atoms with E-state index in [1.165, 1.54) is 29.7 Å². The number of unbranched alkanes of at least 4 members (excludes halogenated alkanes) is 11. The van der Waals surface area contributed by atoms with E-state index in [0.29, 0.717) is 61.6 Å². The Morgan fingerprint density at radius 3 is 2.16 bits per heavy atom. The van der Waals surface area contributed by atoms with Crippen LogP contribution in [-0.4, -0.2) is 93.3 Å². The Morgan fingerprint density at radius 1 is 0.844 bits per heavy atom. The average molecular weight is 909 g/mol. The molecular weight excluding hydrogens is 847 g/mol. The van der Waals surface area contributed by atoms with Gasteiger partial charge in [0.15, 0.2) is 0 Å². The van der Waals surface area contributed by atoms with E-state index >= 15 is 0 Å². The number of hydrogen-bond acceptors (Lipinski definition) is 11. The average Bonchev–Trinajstić information content (AvgIpc) is 3.80. The van der Waals surface area contributed by atoms with Crippen molar-refractivity contribution in [1.82, 2.24) is 29.1 Å². The van der Waals surface area contributed by atoms with Crippen LogP contribution in [0.25, 0.3) is 11.0 Å². The summed E-state index contributed by atoms with van der Waals surface area (Å²) >= 11 is 0. The Balaban J connectivity index is 0.724. The van der Waals surface area contributed by atoms with Crippen LogP contribution in [0, 0.1) is 5.92 Å². The SMILES string of the molecule is C[C@H]1CCC[C@H]1n1c(=O)c(C(F)F)cc2cnc(NC3CCN(S(=O)(=O)CCCCCCCCCCCCCCNc4cccc5c4C(=O)N(C4CCC(=O)NC4=O)C5=O)CC3)nc21. The molecular formula is C46H62F2N8O7S. The number of anilines is 2. The highest BCUT2D eigenvalue weighted by molar-refractivity contribution is 7.89. The van der Waals surface area contributed by atoms with Crippen molar-refractivity contribution in [2.45, 2.75) is 153 Å². The summed E-state index contributed by atoms with van der Waals surface area (Å²) in [6, 6.07) is 5.03. The van der Waals surface area contributed by atoms with Crippen LogP contribution in [0.4, 0.5) is 20.4 Å². The zero-order valence-electron chi connectivity index (χ0n) is 36.8. The highest BCUT2D eigenvalue weighted by Crippen LogP contribution is 2.37. The molecule has 1 unspecified atom stereocenters. The van der Waals surface area contributed by atoms with Crippen molar-refractivity contribution in [3.05, 3.63) is 57.5 Å². The van der Waals surface area contributed by atoms with Gasteiger partial charge in [-0.3, -0.25) is 38.8 Å². The second kappa shape index (κ2) is 21.4. The molecule has 2 saturated heterocycles. The number of imide groups is 2. The Bertz CT molecular complexity index is 2350. The van der Waals surface area contributed by atoms with Crippen LogP contribution in [0.5, 0.6) is 0 Å². The molecule has 5 heterocycles. The molecule has 1 saturated carbocycles. The molecule has 1 aromatic carbocycles. The van der Waals surface area contributed by atoms with Crippen molar-refractivity contribution in [2.24, 2.45) is 5.92 Å². The fourth-order valence-corrected chi connectivity index (χ4v) is 11.4. The molecule has 18 heteroatoms. The van der Waals surface area contributed by atoms with Crippen LogP contribution in [0.15, 0.2) is 35.3 Å². The molecule has 0 radical (unpaired) electrons. The lowest BCUT2D eigenvalue weighted by molar-refractivity contribution is -0.136. The maximum atomic E-state index is 13.8. The van der Waals surface area contributed by atoms with Gasteiger partial charge in [-0.1, -0.05) is 83.6 Å². The van der Waals surface area contributed by atoms with Gasteiger partial charge in [-0.05, 0) is 69.1 Å². The summed E-state index contributed by atoms with van der Waals surface area (Å²) in [5.74, 6) is -1.44. The second-order valence-corrected chi connectivity index (χ2v) is 20.1. The standard InChI is InChI=1S/C46H62F2N8O7S/c1-30-16-14-19-36(30)55-41-31(28-34(40(47)48)44(55)60)29-50-46(53-41)51-32-22-25-54(26-23-32)64(62,63)27-13-11-9-7-5-3-2-4-6-8-10-12-24-49-35-18-15-17-33-39(35)45(61)56(43(33)59)37-20-21-38(57)52-42(37)58/h15,17-18,28-30,32,36-37,40,49H,2-14,16,19-27H2,1H3,(H,50,51,53)(H,52,57,58)/t30-,36+,37?/m0/s1. The number of carbonyl (C=O) groups excluding carboxylic acids is 4. The van der Waals surface area contributed by atoms with Crippen LogP contribution < -0.4 is 21.5 Å². The summed E-state index contributed by atoms with van der Waals surface area (Å²) in [5.41, 5.74) is 0.237. The number of nitrogens with zero attached hydrogens (tertiary/aromatic N) is 5. The quantitative estimate of drug-likeness (QED) is 0.0668. The number of halogens is 2. The Kier molecular flexibility index (Phi) is 15.8. The molecule has 2 aromatic heterocycles. The number of sulfonamides is 1. The molecule has 3 atom stereocenters. The summed E-state index contributed by atoms with van der Waals surface area (Å²) in [6.07, 6.45) is 15.0. The number of piperidine rings is 2. The predicted octanol–water partition coefficient (Wildman–Crippen LogP) is 7.49. The summed E-state index contributed by atoms with van der Waals surface area (Å²) in [4.78, 5) is 73.5. The molecule has 0 bridgehead atoms. The summed E-state index contributed by atoms with van der Waals surface area (Å²) < 4.78 is 57.0. The van der Waals surface area contributed by atoms with Crippen molar-refractivity contribution in [3.63, 3.8) is 0 Å². The number of fused-ring (bicyclic) bond motifs is 2. The third-order valence-corrected chi connectivity index (χ3v) is 15.4. The fourth-order valence-electron chi connectivity index (χ4n) is 9.84. The lowest BCUT2D eigenvalue weighted by Crippen LogP contribution is -2.54. The number of carbonyl (C=O) groups is 4. The second-order valence-electron chi connectivity index (χ2n) is 18.0. The van der Waals surface area contributed by atoms with Crippen molar-refractivity contribution in [2.75, 3.05) is 36.0 Å². The minimum atomic E-state index is -3.37. The molecule has 4 aliphatic rings. The van der Waals surface area contributed by atoms with Crippen molar-refractivity contribution >= 4 is 56.3 Å². The molecule has 3 fully saturated rings. The number of nitrogens with one attached hydrogen (secondary N) is 3. The van der Waals surface area contributed by atoms with E-state index < -0.39 is 57.2 Å². The van der Waals surface area contributed by atoms with Gasteiger partial charge in [0, 0.05) is 55.4 Å². The number of rotatable bonds is 22. The van der Waals surface area contributed by atoms with Gasteiger partial charge in [-0.2, -0.15) is 4.98 Å². The van der Waals surface area contributed by atoms with Crippen molar-refractivity contribution in [3.8, 4) is 0 Å². The normalized spacial score (nSPS) is 21.0. The highest BCUT2D eigenvalue weighted by Gasteiger charge is 2.45. The van der Waals surface area contributed by atoms with Gasteiger partial charge < -0.3 is 10.6 Å². The Morgan fingerprint density at radius 2 is 1.52 bits per heavy atom. The van der Waals surface area contributed by atoms with Crippen LogP contribution in [0.3, 0.4) is 0 Å². The number of pyridine rings is 1. The van der Waals surface area contributed by atoms with Crippen LogP contribution in [0.1, 0.15) is 168 Å². The van der Waals surface area contributed by atoms with Gasteiger partial charge in [0.2, 0.25) is 27.8 Å². The Hall–Kier alpha value is -4.84. The van der Waals surface area contributed by atoms with E-state index in [4.69, 9.17) is 0 Å². The zero-order chi connectivity index (χ0) is 45.4. The molecule has 4 amide bonds. The third kappa shape index (κ3) is 11.0. The minimum Gasteiger partial charge on any atom is -0.384 e. The first-order valence-corrected chi connectivity index (χ1v) is 25.0. The highest BCUT2D eigenvalue weighted by atomic mass is 32.2. The van der Waals surface area contributed by atoms with Gasteiger partial charge in [0.05, 0.1) is 22.4 Å². The lowest BCUT2D eigenvalue weighted by atomic mass is 10.0. The van der Waals surface area contributed by atoms with Gasteiger partial charge in [-0.15, -0.1) is 0 Å². The minimum absolute atomic E-state index is 0.0633. The van der Waals surface area contributed by atoms with Gasteiger partial charge in [-0.25, -0.2) is 26.5 Å². The monoisotopic (exact) mass is 908 g/mol. The molecule has 0 spiro atoms. The number of hydrogen-bond donors (Lipinski definition) is 3. The predicted molar refractivity (Wildman–Crippen MR) is 240 cm³/mol. The first-order chi connectivity index (χ1) is 30.8. The molecule has 7 rings (SSSR count). The molecule has 3 aromatic rings. The first kappa shape index (κ1) is 47.1. The van der Waals surface area contributed by atoms with Crippen LogP contribution in [-0.2, 0) is 19.6 Å². The molecule has 64 heavy (non-hydrogen) atoms. The third-order valence-electron chi connectivity index (χ3n) is 13.5. The fraction of sp³-hybridized carbons (Fsp3) is 0.630. The number of amides is 4. The van der Waals surface area contributed by atoms with E-state index in [9.17, 15) is 41.2 Å². The van der Waals surface area contributed by atoms with Crippen LogP contribution in [0.2, 0.25) is 0 Å². The van der Waals surface area contributed by atoms with Gasteiger partial charge >= 0.3 is 0 Å². The van der Waals surface area contributed by atoms with Gasteiger partial charge in [0.1, 0.15) is 11.7 Å². The molecule has 1 aliphatic carbocycles. The molecule has 3 N–H and O–H groups in total. The first-order valence-electron chi connectivity index (χ1n) is 23.4. The van der Waals surface area contributed by atoms with Crippen molar-refractivity contribution in [1.29, 1.82) is 0 Å². The van der Waals surface area contributed by atoms with E-state index in [0.717, 1.165) is 81.9 Å². The van der Waals surface area contributed by atoms with E-state index in [1.807, 2.05) is 6.92 Å². The summed E-state index contributed by atoms with van der Waals surface area (Å²) in [5, 5.41) is 9.24. The number of alkyl halides is 2. The molecule has 348 valence electrons. The Labute approximate surface area is 373 Å². The maximum Gasteiger partial charge on any atom is 0.269 e. The zero-order valence-corrected chi connectivity index (χ0v) is 37.6. The van der Waals surface area contributed by atoms with E-state index in [1.54, 1.807) is 22.5 Å². The summed E-state index contributed by atoms with van der Waals surface area (Å²) in [7, 11) is -3.37. The van der Waals surface area contributed by atoms with E-state index in [2.05, 4.69) is 25.9 Å². The van der Waals surface area contributed by atoms with Crippen LogP contribution >= 0.6 is 0 Å². The lowest BCUT2D eigenvalue weighted by Gasteiger charge is -2.31. The number of benzene rings is 1. The summed E-state index contributed by atoms with van der Waals surface area (Å²) in [6.45, 7) is 3.47. The number of aromatic nitrogens is 3. The van der Waals surface area contributed by atoms with Crippen molar-refractivity contribution < 1.29 is 36.4 Å². The van der Waals surface area contributed by atoms with Gasteiger partial charge in [0.25, 0.3) is 23.8 Å². The maximum absolute atomic E-state index is 13.8. The largest absolute Gasteiger partial charge is 0.384 e. The topological polar surface area (TPSA) is 193 Å². The van der Waals surface area contributed by atoms with E-state index in [-0.39, 0.29) is 47.7 Å². The molecule has 3 aliphatic heterocycles. The smallest absolute Gasteiger partial charge is 0.269 e. The molecule has 15 nitrogen and oxygen atoms in total.